The van der Waals surface area contributed by atoms with Gasteiger partial charge in [0.25, 0.3) is 0 Å². The molecular weight excluding hydrogens is 744 g/mol. The fourth-order valence-electron chi connectivity index (χ4n) is 7.64. The van der Waals surface area contributed by atoms with Gasteiger partial charge in [-0.05, 0) is 104 Å². The van der Waals surface area contributed by atoms with Gasteiger partial charge in [0.1, 0.15) is 13.2 Å². The van der Waals surface area contributed by atoms with Gasteiger partial charge in [-0.1, -0.05) is 70.5 Å². The van der Waals surface area contributed by atoms with Crippen molar-refractivity contribution in [2.24, 2.45) is 35.5 Å². The quantitative estimate of drug-likeness (QED) is 0.102. The number of carbonyl (C=O) groups excluding carboxylic acids is 6. The molecule has 0 amide bonds. The van der Waals surface area contributed by atoms with E-state index in [-0.39, 0.29) is 25.2 Å². The zero-order valence-electron chi connectivity index (χ0n) is 34.3. The van der Waals surface area contributed by atoms with Gasteiger partial charge in [0.15, 0.2) is 0 Å². The van der Waals surface area contributed by atoms with E-state index in [1.165, 1.54) is 50.0 Å². The molecule has 6 unspecified atom stereocenters. The van der Waals surface area contributed by atoms with Crippen LogP contribution in [0.15, 0.2) is 100 Å². The summed E-state index contributed by atoms with van der Waals surface area (Å²) in [6.45, 7) is 20.8. The zero-order chi connectivity index (χ0) is 43.3. The first-order valence-corrected chi connectivity index (χ1v) is 19.5. The molecule has 318 valence electrons. The van der Waals surface area contributed by atoms with Crippen molar-refractivity contribution in [1.29, 1.82) is 0 Å². The lowest BCUT2D eigenvalue weighted by molar-refractivity contribution is -0.141. The van der Waals surface area contributed by atoms with E-state index < -0.39 is 23.9 Å². The average Bonchev–Trinajstić information content (AvgIpc) is 4.04. The van der Waals surface area contributed by atoms with Gasteiger partial charge in [-0.3, -0.25) is 0 Å². The second-order valence-electron chi connectivity index (χ2n) is 14.1. The molecule has 2 bridgehead atoms. The van der Waals surface area contributed by atoms with Gasteiger partial charge >= 0.3 is 35.8 Å². The van der Waals surface area contributed by atoms with Crippen molar-refractivity contribution < 1.29 is 57.2 Å². The smallest absolute Gasteiger partial charge is 0.330 e. The minimum atomic E-state index is -0.474. The molecule has 5 rings (SSSR count). The minimum Gasteiger partial charge on any atom is -0.466 e. The van der Waals surface area contributed by atoms with Crippen LogP contribution in [0.5, 0.6) is 0 Å². The lowest BCUT2D eigenvalue weighted by atomic mass is 9.82. The van der Waals surface area contributed by atoms with Crippen LogP contribution in [-0.4, -0.2) is 63.2 Å². The molecule has 0 aliphatic heterocycles. The number of benzene rings is 1. The van der Waals surface area contributed by atoms with Crippen LogP contribution in [0.2, 0.25) is 0 Å². The van der Waals surface area contributed by atoms with E-state index in [9.17, 15) is 28.8 Å². The first-order valence-electron chi connectivity index (χ1n) is 19.5. The topological polar surface area (TPSA) is 158 Å². The van der Waals surface area contributed by atoms with E-state index in [1.54, 1.807) is 50.7 Å². The van der Waals surface area contributed by atoms with Gasteiger partial charge in [-0.15, -0.1) is 0 Å². The maximum absolute atomic E-state index is 11.0. The Morgan fingerprint density at radius 1 is 0.517 bits per heavy atom. The largest absolute Gasteiger partial charge is 0.466 e. The Morgan fingerprint density at radius 3 is 1.22 bits per heavy atom. The molecule has 1 aromatic carbocycles. The van der Waals surface area contributed by atoms with E-state index >= 15 is 0 Å². The van der Waals surface area contributed by atoms with Crippen molar-refractivity contribution in [2.45, 2.75) is 77.4 Å². The highest BCUT2D eigenvalue weighted by atomic mass is 16.5. The molecule has 0 heterocycles. The molecule has 0 spiro atoms. The predicted molar refractivity (Wildman–Crippen MR) is 220 cm³/mol. The molecular formula is C46H62O12. The third-order valence-electron chi connectivity index (χ3n) is 10.3. The van der Waals surface area contributed by atoms with E-state index in [0.717, 1.165) is 61.1 Å². The second kappa shape index (κ2) is 29.7. The number of methoxy groups -OCH3 is 2. The van der Waals surface area contributed by atoms with E-state index in [4.69, 9.17) is 18.9 Å². The van der Waals surface area contributed by atoms with Gasteiger partial charge in [-0.25, -0.2) is 28.8 Å². The van der Waals surface area contributed by atoms with Gasteiger partial charge in [0, 0.05) is 36.5 Å². The molecule has 4 aliphatic carbocycles. The van der Waals surface area contributed by atoms with Gasteiger partial charge in [0.2, 0.25) is 0 Å². The molecule has 0 N–H and O–H groups in total. The summed E-state index contributed by atoms with van der Waals surface area (Å²) in [4.78, 5) is 63.4. The van der Waals surface area contributed by atoms with E-state index in [1.807, 2.05) is 12.1 Å². The SMILES string of the molecule is C1CC2C3CCC(C3)C2C1.C=CC(=O)OC.C=CC(=O)OC.C=CC(=O)OCC1CCCC(COC(=O)C=C)C1.C=CC(=O)OCc1cccc(COC(=O)C=C)c1. The van der Waals surface area contributed by atoms with Crippen LogP contribution >= 0.6 is 0 Å². The molecule has 58 heavy (non-hydrogen) atoms. The Balaban J connectivity index is 0.000000389. The molecule has 4 saturated carbocycles. The zero-order valence-corrected chi connectivity index (χ0v) is 34.3. The highest BCUT2D eigenvalue weighted by Gasteiger charge is 2.48. The minimum absolute atomic E-state index is 0.161. The summed E-state index contributed by atoms with van der Waals surface area (Å²) >= 11 is 0. The lowest BCUT2D eigenvalue weighted by Gasteiger charge is -2.28. The Labute approximate surface area is 344 Å². The van der Waals surface area contributed by atoms with Crippen LogP contribution in [0.4, 0.5) is 0 Å². The fraction of sp³-hybridized carbons (Fsp3) is 0.478. The number of hydrogen-bond donors (Lipinski definition) is 0. The van der Waals surface area contributed by atoms with Gasteiger partial charge < -0.3 is 28.4 Å². The molecule has 12 nitrogen and oxygen atoms in total. The van der Waals surface area contributed by atoms with Gasteiger partial charge in [-0.2, -0.15) is 0 Å². The third kappa shape index (κ3) is 20.6. The first-order chi connectivity index (χ1) is 27.9. The number of hydrogen-bond acceptors (Lipinski definition) is 12. The summed E-state index contributed by atoms with van der Waals surface area (Å²) in [5.41, 5.74) is 1.63. The van der Waals surface area contributed by atoms with Crippen LogP contribution < -0.4 is 0 Å². The summed E-state index contributed by atoms with van der Waals surface area (Å²) in [6.07, 6.45) is 20.4. The van der Waals surface area contributed by atoms with Crippen molar-refractivity contribution >= 4 is 35.8 Å². The van der Waals surface area contributed by atoms with E-state index in [0.29, 0.717) is 25.0 Å². The predicted octanol–water partition coefficient (Wildman–Crippen LogP) is 7.92. The van der Waals surface area contributed by atoms with E-state index in [2.05, 4.69) is 48.9 Å². The summed E-state index contributed by atoms with van der Waals surface area (Å²) < 4.78 is 28.2. The molecule has 4 fully saturated rings. The Hall–Kier alpha value is -5.52. The van der Waals surface area contributed by atoms with Crippen molar-refractivity contribution in [1.82, 2.24) is 0 Å². The van der Waals surface area contributed by atoms with Crippen LogP contribution in [0.1, 0.15) is 75.3 Å². The highest BCUT2D eigenvalue weighted by Crippen LogP contribution is 2.58. The summed E-state index contributed by atoms with van der Waals surface area (Å²) in [6, 6.07) is 7.23. The van der Waals surface area contributed by atoms with Crippen LogP contribution in [0.25, 0.3) is 0 Å². The molecule has 12 heteroatoms. The maximum Gasteiger partial charge on any atom is 0.330 e. The average molecular weight is 807 g/mol. The molecule has 0 aromatic heterocycles. The summed E-state index contributed by atoms with van der Waals surface area (Å²) in [7, 11) is 2.62. The Bertz CT molecular complexity index is 1440. The highest BCUT2D eigenvalue weighted by molar-refractivity contribution is 5.82. The number of esters is 6. The van der Waals surface area contributed by atoms with Crippen molar-refractivity contribution in [3.63, 3.8) is 0 Å². The van der Waals surface area contributed by atoms with Crippen LogP contribution in [0.3, 0.4) is 0 Å². The molecule has 4 aliphatic rings. The van der Waals surface area contributed by atoms with Crippen molar-refractivity contribution in [3.8, 4) is 0 Å². The third-order valence-corrected chi connectivity index (χ3v) is 10.3. The van der Waals surface area contributed by atoms with Crippen molar-refractivity contribution in [2.75, 3.05) is 27.4 Å². The normalized spacial score (nSPS) is 21.3. The number of rotatable bonds is 14. The lowest BCUT2D eigenvalue weighted by Crippen LogP contribution is -2.24. The van der Waals surface area contributed by atoms with Gasteiger partial charge in [0.05, 0.1) is 27.4 Å². The maximum atomic E-state index is 11.0. The van der Waals surface area contributed by atoms with Crippen molar-refractivity contribution in [3.05, 3.63) is 111 Å². The standard InChI is InChI=1S/C14H20O4.C14H14O4.C10H16.2C4H6O2/c2*1-3-13(15)17-9-11-6-5-7-12(8-11)10-18-14(16)4-2;1-2-9-7-4-5-8(6-7)10(9)3-1;2*1-3-4(5)6-2/h3-4,11-12H,1-2,5-10H2;3-8H,1-2,9-10H2;7-10H,1-6H2;2*3H,1H2,2H3. The first kappa shape index (κ1) is 50.5. The Morgan fingerprint density at radius 2 is 0.879 bits per heavy atom. The number of fused-ring (bicyclic) bond motifs is 5. The molecule has 6 atom stereocenters. The second-order valence-corrected chi connectivity index (χ2v) is 14.1. The number of ether oxygens (including phenoxy) is 6. The molecule has 1 aromatic rings. The monoisotopic (exact) mass is 806 g/mol. The fourth-order valence-corrected chi connectivity index (χ4v) is 7.64. The molecule has 0 saturated heterocycles. The molecule has 0 radical (unpaired) electrons. The summed E-state index contributed by atoms with van der Waals surface area (Å²) in [5.74, 6) is 3.02. The Kier molecular flexibility index (Phi) is 25.8. The van der Waals surface area contributed by atoms with Crippen LogP contribution in [-0.2, 0) is 70.4 Å². The summed E-state index contributed by atoms with van der Waals surface area (Å²) in [5, 5.41) is 0. The number of carbonyl (C=O) groups is 6. The van der Waals surface area contributed by atoms with Crippen LogP contribution in [0, 0.1) is 35.5 Å².